The van der Waals surface area contributed by atoms with E-state index >= 15 is 0 Å². The number of allylic oxidation sites excluding steroid dienone is 4. The second kappa shape index (κ2) is 5.73. The molecule has 2 aromatic rings. The molecular weight excluding hydrogens is 252 g/mol. The number of benzene rings is 2. The highest BCUT2D eigenvalue weighted by molar-refractivity contribution is 5.70. The summed E-state index contributed by atoms with van der Waals surface area (Å²) in [7, 11) is 0. The predicted octanol–water partition coefficient (Wildman–Crippen LogP) is 5.90. The molecule has 2 aromatic carbocycles. The largest absolute Gasteiger partial charge is 0.0808 e. The van der Waals surface area contributed by atoms with Gasteiger partial charge in [0.25, 0.3) is 0 Å². The number of rotatable bonds is 2. The zero-order chi connectivity index (χ0) is 14.8. The van der Waals surface area contributed by atoms with Gasteiger partial charge in [-0.2, -0.15) is 0 Å². The first-order valence-corrected chi connectivity index (χ1v) is 7.68. The molecule has 0 amide bonds. The van der Waals surface area contributed by atoms with E-state index in [1.807, 2.05) is 0 Å². The Kier molecular flexibility index (Phi) is 3.79. The summed E-state index contributed by atoms with van der Waals surface area (Å²) in [5.41, 5.74) is 7.00. The fourth-order valence-electron chi connectivity index (χ4n) is 3.47. The van der Waals surface area contributed by atoms with Crippen molar-refractivity contribution in [1.82, 2.24) is 0 Å². The standard InChI is InChI=1S/C21H22/c1-15-9-7-10-16(2)20(15)21-17(3)11-8-14-19(21)18-12-5-4-6-13-18/h4-15,20H,1-3H3. The van der Waals surface area contributed by atoms with Gasteiger partial charge in [-0.1, -0.05) is 79.3 Å². The molecule has 0 aromatic heterocycles. The van der Waals surface area contributed by atoms with Gasteiger partial charge in [0, 0.05) is 5.92 Å². The van der Waals surface area contributed by atoms with Crippen molar-refractivity contribution in [2.45, 2.75) is 26.7 Å². The summed E-state index contributed by atoms with van der Waals surface area (Å²) in [6.07, 6.45) is 6.77. The molecule has 0 fully saturated rings. The molecule has 0 saturated carbocycles. The van der Waals surface area contributed by atoms with Crippen LogP contribution in [0.1, 0.15) is 30.9 Å². The Labute approximate surface area is 127 Å². The van der Waals surface area contributed by atoms with E-state index in [2.05, 4.69) is 87.5 Å². The number of aryl methyl sites for hydroxylation is 1. The summed E-state index contributed by atoms with van der Waals surface area (Å²) < 4.78 is 0. The molecule has 0 aliphatic heterocycles. The minimum absolute atomic E-state index is 0.478. The maximum atomic E-state index is 2.32. The third kappa shape index (κ3) is 2.58. The second-order valence-corrected chi connectivity index (χ2v) is 6.03. The summed E-state index contributed by atoms with van der Waals surface area (Å²) in [6, 6.07) is 17.4. The molecule has 0 heteroatoms. The van der Waals surface area contributed by atoms with E-state index in [4.69, 9.17) is 0 Å². The molecule has 2 atom stereocenters. The Morgan fingerprint density at radius 2 is 1.62 bits per heavy atom. The van der Waals surface area contributed by atoms with Gasteiger partial charge in [0.1, 0.15) is 0 Å². The van der Waals surface area contributed by atoms with E-state index in [-0.39, 0.29) is 0 Å². The summed E-state index contributed by atoms with van der Waals surface area (Å²) in [4.78, 5) is 0. The molecule has 2 unspecified atom stereocenters. The van der Waals surface area contributed by atoms with Crippen LogP contribution in [-0.4, -0.2) is 0 Å². The molecule has 106 valence electrons. The van der Waals surface area contributed by atoms with Crippen LogP contribution >= 0.6 is 0 Å². The van der Waals surface area contributed by atoms with Gasteiger partial charge in [0.2, 0.25) is 0 Å². The molecule has 0 spiro atoms. The lowest BCUT2D eigenvalue weighted by molar-refractivity contribution is 0.604. The second-order valence-electron chi connectivity index (χ2n) is 6.03. The van der Waals surface area contributed by atoms with Crippen LogP contribution in [0.5, 0.6) is 0 Å². The van der Waals surface area contributed by atoms with Crippen molar-refractivity contribution < 1.29 is 0 Å². The Bertz CT molecular complexity index is 689. The first-order chi connectivity index (χ1) is 10.2. The fraction of sp³-hybridized carbons (Fsp3) is 0.238. The lowest BCUT2D eigenvalue weighted by atomic mass is 9.75. The molecule has 0 bridgehead atoms. The maximum absolute atomic E-state index is 2.32. The van der Waals surface area contributed by atoms with E-state index < -0.39 is 0 Å². The highest BCUT2D eigenvalue weighted by atomic mass is 14.3. The smallest absolute Gasteiger partial charge is 0.0118 e. The van der Waals surface area contributed by atoms with Gasteiger partial charge in [-0.3, -0.25) is 0 Å². The topological polar surface area (TPSA) is 0 Å². The Balaban J connectivity index is 2.19. The normalized spacial score (nSPS) is 21.2. The molecule has 21 heavy (non-hydrogen) atoms. The van der Waals surface area contributed by atoms with Crippen molar-refractivity contribution in [3.63, 3.8) is 0 Å². The molecule has 1 aliphatic carbocycles. The van der Waals surface area contributed by atoms with Crippen molar-refractivity contribution in [1.29, 1.82) is 0 Å². The third-order valence-corrected chi connectivity index (χ3v) is 4.51. The van der Waals surface area contributed by atoms with Gasteiger partial charge in [-0.15, -0.1) is 0 Å². The average molecular weight is 274 g/mol. The molecule has 0 heterocycles. The molecule has 1 aliphatic rings. The van der Waals surface area contributed by atoms with Crippen LogP contribution in [0, 0.1) is 12.8 Å². The quantitative estimate of drug-likeness (QED) is 0.639. The van der Waals surface area contributed by atoms with Crippen molar-refractivity contribution in [2.24, 2.45) is 5.92 Å². The molecule has 0 N–H and O–H groups in total. The first kappa shape index (κ1) is 13.9. The minimum Gasteiger partial charge on any atom is -0.0808 e. The van der Waals surface area contributed by atoms with Crippen LogP contribution in [0.15, 0.2) is 72.3 Å². The van der Waals surface area contributed by atoms with Gasteiger partial charge >= 0.3 is 0 Å². The minimum atomic E-state index is 0.478. The monoisotopic (exact) mass is 274 g/mol. The van der Waals surface area contributed by atoms with Gasteiger partial charge in [0.15, 0.2) is 0 Å². The van der Waals surface area contributed by atoms with E-state index in [0.717, 1.165) is 0 Å². The molecule has 3 rings (SSSR count). The number of hydrogen-bond donors (Lipinski definition) is 0. The maximum Gasteiger partial charge on any atom is 0.0118 e. The average Bonchev–Trinajstić information content (AvgIpc) is 2.49. The van der Waals surface area contributed by atoms with E-state index in [1.54, 1.807) is 0 Å². The van der Waals surface area contributed by atoms with E-state index in [1.165, 1.54) is 27.8 Å². The first-order valence-electron chi connectivity index (χ1n) is 7.68. The summed E-state index contributed by atoms with van der Waals surface area (Å²) in [6.45, 7) is 6.81. The van der Waals surface area contributed by atoms with Crippen molar-refractivity contribution in [3.8, 4) is 11.1 Å². The Hall–Kier alpha value is -2.08. The van der Waals surface area contributed by atoms with Gasteiger partial charge in [-0.25, -0.2) is 0 Å². The van der Waals surface area contributed by atoms with Crippen LogP contribution in [0.4, 0.5) is 0 Å². The molecule has 0 radical (unpaired) electrons. The van der Waals surface area contributed by atoms with Crippen LogP contribution in [0.2, 0.25) is 0 Å². The predicted molar refractivity (Wildman–Crippen MR) is 91.4 cm³/mol. The van der Waals surface area contributed by atoms with Crippen LogP contribution < -0.4 is 0 Å². The third-order valence-electron chi connectivity index (χ3n) is 4.51. The zero-order valence-corrected chi connectivity index (χ0v) is 13.0. The van der Waals surface area contributed by atoms with Gasteiger partial charge in [0.05, 0.1) is 0 Å². The Morgan fingerprint density at radius 1 is 0.857 bits per heavy atom. The fourth-order valence-corrected chi connectivity index (χ4v) is 3.47. The van der Waals surface area contributed by atoms with E-state index in [9.17, 15) is 0 Å². The highest BCUT2D eigenvalue weighted by Crippen LogP contribution is 2.41. The highest BCUT2D eigenvalue weighted by Gasteiger charge is 2.25. The zero-order valence-electron chi connectivity index (χ0n) is 13.0. The van der Waals surface area contributed by atoms with Gasteiger partial charge in [-0.05, 0) is 42.0 Å². The lowest BCUT2D eigenvalue weighted by Crippen LogP contribution is -2.14. The summed E-state index contributed by atoms with van der Waals surface area (Å²) in [5, 5.41) is 0. The van der Waals surface area contributed by atoms with Crippen LogP contribution in [0.25, 0.3) is 11.1 Å². The van der Waals surface area contributed by atoms with Crippen molar-refractivity contribution >= 4 is 0 Å². The summed E-state index contributed by atoms with van der Waals surface area (Å²) >= 11 is 0. The molecule has 0 saturated heterocycles. The van der Waals surface area contributed by atoms with Gasteiger partial charge < -0.3 is 0 Å². The molecule has 0 nitrogen and oxygen atoms in total. The van der Waals surface area contributed by atoms with Crippen molar-refractivity contribution in [2.75, 3.05) is 0 Å². The Morgan fingerprint density at radius 3 is 2.33 bits per heavy atom. The van der Waals surface area contributed by atoms with Crippen LogP contribution in [-0.2, 0) is 0 Å². The van der Waals surface area contributed by atoms with E-state index in [0.29, 0.717) is 11.8 Å². The van der Waals surface area contributed by atoms with Crippen LogP contribution in [0.3, 0.4) is 0 Å². The molecular formula is C21H22. The van der Waals surface area contributed by atoms with Crippen molar-refractivity contribution in [3.05, 3.63) is 83.5 Å². The number of hydrogen-bond acceptors (Lipinski definition) is 0. The lowest BCUT2D eigenvalue weighted by Gasteiger charge is -2.29. The summed E-state index contributed by atoms with van der Waals surface area (Å²) in [5.74, 6) is 1.02. The SMILES string of the molecule is CC1=CC=CC(C)C1c1c(C)cccc1-c1ccccc1.